The second-order valence-electron chi connectivity index (χ2n) is 1.70. The minimum atomic E-state index is -0.954. The maximum atomic E-state index is 9.84. The van der Waals surface area contributed by atoms with Gasteiger partial charge >= 0.3 is 5.97 Å². The third-order valence-electron chi connectivity index (χ3n) is 0.559. The van der Waals surface area contributed by atoms with E-state index in [0.717, 1.165) is 6.08 Å². The number of carboxylic acid groups (broad SMARTS) is 1. The van der Waals surface area contributed by atoms with Crippen molar-refractivity contribution in [1.82, 2.24) is 10.4 Å². The Labute approximate surface area is 53.7 Å². The number of carboxylic acids is 1. The van der Waals surface area contributed by atoms with Crippen molar-refractivity contribution < 1.29 is 9.90 Å². The summed E-state index contributed by atoms with van der Waals surface area (Å²) >= 11 is 0. The van der Waals surface area contributed by atoms with Crippen LogP contribution in [0.4, 0.5) is 0 Å². The number of hydrogen-bond donors (Lipinski definition) is 2. The Morgan fingerprint density at radius 2 is 2.22 bits per heavy atom. The number of nitrogens with zero attached hydrogens (tertiary/aromatic N) is 1. The lowest BCUT2D eigenvalue weighted by Crippen LogP contribution is -2.24. The zero-order chi connectivity index (χ0) is 7.28. The smallest absolute Gasteiger partial charge is 0.329 e. The monoisotopic (exact) mass is 130 g/mol. The van der Waals surface area contributed by atoms with Crippen molar-refractivity contribution in [2.75, 3.05) is 14.1 Å². The quantitative estimate of drug-likeness (QED) is 0.405. The lowest BCUT2D eigenvalue weighted by atomic mass is 10.6. The number of nitrogens with one attached hydrogen (secondary N) is 1. The predicted molar refractivity (Wildman–Crippen MR) is 33.6 cm³/mol. The van der Waals surface area contributed by atoms with Crippen molar-refractivity contribution in [2.45, 2.75) is 0 Å². The van der Waals surface area contributed by atoms with Crippen LogP contribution in [0.25, 0.3) is 0 Å². The van der Waals surface area contributed by atoms with Gasteiger partial charge < -0.3 is 10.5 Å². The van der Waals surface area contributed by atoms with E-state index in [9.17, 15) is 4.79 Å². The molecule has 0 saturated carbocycles. The highest BCUT2D eigenvalue weighted by molar-refractivity contribution is 5.79. The average molecular weight is 130 g/mol. The number of hydrogen-bond acceptors (Lipinski definition) is 3. The Hall–Kier alpha value is -1.03. The molecule has 0 atom stereocenters. The van der Waals surface area contributed by atoms with Gasteiger partial charge in [-0.05, 0) is 0 Å². The third kappa shape index (κ3) is 6.97. The average Bonchev–Trinajstić information content (AvgIpc) is 1.63. The molecule has 0 unspecified atom stereocenters. The van der Waals surface area contributed by atoms with E-state index in [-0.39, 0.29) is 0 Å². The molecule has 0 aromatic carbocycles. The highest BCUT2D eigenvalue weighted by atomic mass is 16.4. The van der Waals surface area contributed by atoms with E-state index < -0.39 is 5.97 Å². The number of aliphatic carboxylic acids is 1. The van der Waals surface area contributed by atoms with Crippen LogP contribution in [0.1, 0.15) is 0 Å². The molecular weight excluding hydrogens is 120 g/mol. The second kappa shape index (κ2) is 3.91. The summed E-state index contributed by atoms with van der Waals surface area (Å²) in [6.45, 7) is 0. The molecule has 4 nitrogen and oxygen atoms in total. The van der Waals surface area contributed by atoms with Crippen molar-refractivity contribution in [1.29, 1.82) is 0 Å². The SMILES string of the molecule is CN(C)N/C=C/C(=O)O. The summed E-state index contributed by atoms with van der Waals surface area (Å²) in [5.41, 5.74) is 2.65. The zero-order valence-electron chi connectivity index (χ0n) is 5.46. The van der Waals surface area contributed by atoms with Gasteiger partial charge in [-0.25, -0.2) is 9.80 Å². The molecule has 0 rings (SSSR count). The van der Waals surface area contributed by atoms with E-state index >= 15 is 0 Å². The van der Waals surface area contributed by atoms with Crippen molar-refractivity contribution >= 4 is 5.97 Å². The first-order valence-electron chi connectivity index (χ1n) is 2.46. The van der Waals surface area contributed by atoms with Gasteiger partial charge in [-0.15, -0.1) is 0 Å². The maximum Gasteiger partial charge on any atom is 0.329 e. The maximum absolute atomic E-state index is 9.84. The summed E-state index contributed by atoms with van der Waals surface area (Å²) in [5.74, 6) is -0.954. The molecule has 0 amide bonds. The molecule has 52 valence electrons. The van der Waals surface area contributed by atoms with Gasteiger partial charge in [-0.2, -0.15) is 0 Å². The van der Waals surface area contributed by atoms with E-state index in [1.54, 1.807) is 19.1 Å². The van der Waals surface area contributed by atoms with Gasteiger partial charge in [0, 0.05) is 26.4 Å². The normalized spacial score (nSPS) is 10.6. The van der Waals surface area contributed by atoms with Crippen LogP contribution in [0.3, 0.4) is 0 Å². The Morgan fingerprint density at radius 1 is 1.67 bits per heavy atom. The van der Waals surface area contributed by atoms with E-state index in [1.807, 2.05) is 0 Å². The van der Waals surface area contributed by atoms with Crippen molar-refractivity contribution in [2.24, 2.45) is 0 Å². The molecular formula is C5H10N2O2. The first-order chi connectivity index (χ1) is 4.13. The summed E-state index contributed by atoms with van der Waals surface area (Å²) in [5, 5.41) is 9.72. The highest BCUT2D eigenvalue weighted by Crippen LogP contribution is 1.68. The van der Waals surface area contributed by atoms with Crippen LogP contribution in [0.2, 0.25) is 0 Å². The van der Waals surface area contributed by atoms with Gasteiger partial charge in [0.2, 0.25) is 0 Å². The fraction of sp³-hybridized carbons (Fsp3) is 0.400. The van der Waals surface area contributed by atoms with Crippen LogP contribution < -0.4 is 5.43 Å². The minimum Gasteiger partial charge on any atom is -0.478 e. The van der Waals surface area contributed by atoms with Crippen molar-refractivity contribution in [3.63, 3.8) is 0 Å². The summed E-state index contributed by atoms with van der Waals surface area (Å²) in [4.78, 5) is 9.84. The molecule has 0 fully saturated rings. The molecule has 2 N–H and O–H groups in total. The lowest BCUT2D eigenvalue weighted by molar-refractivity contribution is -0.131. The van der Waals surface area contributed by atoms with Crippen molar-refractivity contribution in [3.05, 3.63) is 12.3 Å². The highest BCUT2D eigenvalue weighted by Gasteiger charge is 1.83. The number of carbonyl (C=O) groups is 1. The topological polar surface area (TPSA) is 52.6 Å². The number of hydrazine groups is 1. The number of rotatable bonds is 3. The van der Waals surface area contributed by atoms with Gasteiger partial charge in [-0.1, -0.05) is 0 Å². The van der Waals surface area contributed by atoms with Crippen molar-refractivity contribution in [3.8, 4) is 0 Å². The van der Waals surface area contributed by atoms with Crippen LogP contribution in [-0.2, 0) is 4.79 Å². The molecule has 0 aliphatic heterocycles. The van der Waals surface area contributed by atoms with Crippen LogP contribution >= 0.6 is 0 Å². The molecule has 0 spiro atoms. The third-order valence-corrected chi connectivity index (χ3v) is 0.559. The molecule has 4 heteroatoms. The Balaban J connectivity index is 3.36. The van der Waals surface area contributed by atoms with Gasteiger partial charge in [0.05, 0.1) is 0 Å². The largest absolute Gasteiger partial charge is 0.478 e. The first kappa shape index (κ1) is 7.97. The second-order valence-corrected chi connectivity index (χ2v) is 1.70. The van der Waals surface area contributed by atoms with Crippen LogP contribution in [0, 0.1) is 0 Å². The molecule has 0 aromatic heterocycles. The van der Waals surface area contributed by atoms with Gasteiger partial charge in [-0.3, -0.25) is 0 Å². The Bertz CT molecular complexity index is 120. The van der Waals surface area contributed by atoms with E-state index in [1.165, 1.54) is 6.20 Å². The molecule has 0 bridgehead atoms. The Kier molecular flexibility index (Phi) is 3.46. The van der Waals surface area contributed by atoms with E-state index in [4.69, 9.17) is 5.11 Å². The van der Waals surface area contributed by atoms with Gasteiger partial charge in [0.15, 0.2) is 0 Å². The van der Waals surface area contributed by atoms with E-state index in [2.05, 4.69) is 5.43 Å². The fourth-order valence-electron chi connectivity index (χ4n) is 0.258. The molecule has 0 aliphatic rings. The van der Waals surface area contributed by atoms with Gasteiger partial charge in [0.25, 0.3) is 0 Å². The standard InChI is InChI=1S/C5H10N2O2/c1-7(2)6-4-3-5(8)9/h3-4,6H,1-2H3,(H,8,9)/b4-3+. The van der Waals surface area contributed by atoms with Gasteiger partial charge in [0.1, 0.15) is 0 Å². The molecule has 0 heterocycles. The first-order valence-corrected chi connectivity index (χ1v) is 2.46. The molecule has 0 aromatic rings. The summed E-state index contributed by atoms with van der Waals surface area (Å²) < 4.78 is 0. The zero-order valence-corrected chi connectivity index (χ0v) is 5.46. The Morgan fingerprint density at radius 3 is 2.56 bits per heavy atom. The van der Waals surface area contributed by atoms with Crippen LogP contribution in [0.5, 0.6) is 0 Å². The predicted octanol–water partition coefficient (Wildman–Crippen LogP) is -0.349. The minimum absolute atomic E-state index is 0.954. The fourth-order valence-corrected chi connectivity index (χ4v) is 0.258. The van der Waals surface area contributed by atoms with Crippen LogP contribution in [-0.4, -0.2) is 30.2 Å². The molecule has 9 heavy (non-hydrogen) atoms. The molecule has 0 aliphatic carbocycles. The van der Waals surface area contributed by atoms with Crippen LogP contribution in [0.15, 0.2) is 12.3 Å². The summed E-state index contributed by atoms with van der Waals surface area (Å²) in [7, 11) is 3.54. The molecule has 0 radical (unpaired) electrons. The molecule has 0 saturated heterocycles. The summed E-state index contributed by atoms with van der Waals surface area (Å²) in [6, 6.07) is 0. The summed E-state index contributed by atoms with van der Waals surface area (Å²) in [6.07, 6.45) is 2.38. The van der Waals surface area contributed by atoms with E-state index in [0.29, 0.717) is 0 Å². The lowest BCUT2D eigenvalue weighted by Gasteiger charge is -2.06.